The Morgan fingerprint density at radius 1 is 1.15 bits per heavy atom. The number of rotatable bonds is 3. The maximum Gasteiger partial charge on any atom is 0.240 e. The number of carbonyl (C=O) groups excluding carboxylic acids is 2. The van der Waals surface area contributed by atoms with Crippen LogP contribution in [0.15, 0.2) is 0 Å². The van der Waals surface area contributed by atoms with Gasteiger partial charge in [0.05, 0.1) is 6.04 Å². The highest BCUT2D eigenvalue weighted by molar-refractivity contribution is 5.83. The molecule has 0 spiro atoms. The van der Waals surface area contributed by atoms with Gasteiger partial charge in [0.2, 0.25) is 5.91 Å². The number of Topliss-reactive ketones (excluding diaryl/α,β-unsaturated/α-hetero) is 1. The van der Waals surface area contributed by atoms with E-state index in [4.69, 9.17) is 5.73 Å². The van der Waals surface area contributed by atoms with Crippen LogP contribution in [0.2, 0.25) is 0 Å². The fourth-order valence-corrected chi connectivity index (χ4v) is 3.22. The van der Waals surface area contributed by atoms with Crippen LogP contribution in [0.5, 0.6) is 0 Å². The third-order valence-electron chi connectivity index (χ3n) is 4.48. The summed E-state index contributed by atoms with van der Waals surface area (Å²) in [6.45, 7) is 7.18. The average Bonchev–Trinajstić information content (AvgIpc) is 2.41. The Hall–Kier alpha value is -0.940. The van der Waals surface area contributed by atoms with E-state index >= 15 is 0 Å². The van der Waals surface area contributed by atoms with E-state index < -0.39 is 0 Å². The molecule has 2 saturated heterocycles. The van der Waals surface area contributed by atoms with E-state index in [0.29, 0.717) is 18.6 Å². The predicted octanol–water partition coefficient (Wildman–Crippen LogP) is 0.626. The first kappa shape index (κ1) is 15.4. The highest BCUT2D eigenvalue weighted by Gasteiger charge is 2.35. The molecular formula is C15H27N3O2. The van der Waals surface area contributed by atoms with Gasteiger partial charge in [-0.2, -0.15) is 0 Å². The van der Waals surface area contributed by atoms with E-state index in [1.807, 2.05) is 4.90 Å². The summed E-state index contributed by atoms with van der Waals surface area (Å²) in [6, 6.07) is 0.154. The second-order valence-corrected chi connectivity index (χ2v) is 6.43. The molecular weight excluding hydrogens is 254 g/mol. The molecule has 2 N–H and O–H groups in total. The first-order valence-electron chi connectivity index (χ1n) is 7.79. The van der Waals surface area contributed by atoms with Crippen LogP contribution in [-0.4, -0.2) is 59.8 Å². The summed E-state index contributed by atoms with van der Waals surface area (Å²) >= 11 is 0. The molecule has 0 bridgehead atoms. The minimum absolute atomic E-state index is 0.0857. The summed E-state index contributed by atoms with van der Waals surface area (Å²) in [4.78, 5) is 28.3. The third kappa shape index (κ3) is 3.58. The van der Waals surface area contributed by atoms with E-state index in [0.717, 1.165) is 39.0 Å². The van der Waals surface area contributed by atoms with E-state index in [2.05, 4.69) is 18.7 Å². The first-order valence-corrected chi connectivity index (χ1v) is 7.79. The van der Waals surface area contributed by atoms with Crippen molar-refractivity contribution in [3.05, 3.63) is 0 Å². The van der Waals surface area contributed by atoms with Crippen LogP contribution in [0.4, 0.5) is 0 Å². The Labute approximate surface area is 121 Å². The van der Waals surface area contributed by atoms with Crippen molar-refractivity contribution in [3.8, 4) is 0 Å². The lowest BCUT2D eigenvalue weighted by atomic mass is 9.96. The van der Waals surface area contributed by atoms with Crippen molar-refractivity contribution >= 4 is 11.7 Å². The van der Waals surface area contributed by atoms with E-state index in [9.17, 15) is 9.59 Å². The maximum atomic E-state index is 12.8. The standard InChI is InChI=1S/C15H27N3O2/c1-11(2)14(17-9-5-13(19)6-10-17)15(20)18-7-3-12(16)4-8-18/h11-12,14H,3-10,16H2,1-2H3. The summed E-state index contributed by atoms with van der Waals surface area (Å²) in [5, 5.41) is 0. The number of nitrogens with zero attached hydrogens (tertiary/aromatic N) is 2. The number of piperidine rings is 2. The SMILES string of the molecule is CC(C)C(C(=O)N1CCC(N)CC1)N1CCC(=O)CC1. The van der Waals surface area contributed by atoms with Gasteiger partial charge in [-0.3, -0.25) is 14.5 Å². The molecule has 0 aromatic heterocycles. The molecule has 2 aliphatic rings. The number of hydrogen-bond acceptors (Lipinski definition) is 4. The zero-order valence-corrected chi connectivity index (χ0v) is 12.7. The summed E-state index contributed by atoms with van der Waals surface area (Å²) < 4.78 is 0. The van der Waals surface area contributed by atoms with Crippen molar-refractivity contribution in [2.45, 2.75) is 51.6 Å². The van der Waals surface area contributed by atoms with Crippen molar-refractivity contribution in [2.75, 3.05) is 26.2 Å². The summed E-state index contributed by atoms with van der Waals surface area (Å²) in [6.07, 6.45) is 2.97. The number of likely N-dealkylation sites (tertiary alicyclic amines) is 2. The molecule has 1 unspecified atom stereocenters. The van der Waals surface area contributed by atoms with E-state index in [1.165, 1.54) is 0 Å². The smallest absolute Gasteiger partial charge is 0.240 e. The molecule has 1 amide bonds. The minimum Gasteiger partial charge on any atom is -0.341 e. The quantitative estimate of drug-likeness (QED) is 0.824. The summed E-state index contributed by atoms with van der Waals surface area (Å²) in [7, 11) is 0. The van der Waals surface area contributed by atoms with Crippen molar-refractivity contribution in [2.24, 2.45) is 11.7 Å². The fraction of sp³-hybridized carbons (Fsp3) is 0.867. The van der Waals surface area contributed by atoms with Gasteiger partial charge < -0.3 is 10.6 Å². The minimum atomic E-state index is -0.0857. The van der Waals surface area contributed by atoms with E-state index in [1.54, 1.807) is 0 Å². The number of carbonyl (C=O) groups is 2. The van der Waals surface area contributed by atoms with Crippen molar-refractivity contribution in [1.82, 2.24) is 9.80 Å². The topological polar surface area (TPSA) is 66.6 Å². The number of hydrogen-bond donors (Lipinski definition) is 1. The molecule has 2 aliphatic heterocycles. The monoisotopic (exact) mass is 281 g/mol. The zero-order chi connectivity index (χ0) is 14.7. The Morgan fingerprint density at radius 3 is 2.20 bits per heavy atom. The Balaban J connectivity index is 2.00. The largest absolute Gasteiger partial charge is 0.341 e. The Kier molecular flexibility index (Phi) is 5.16. The van der Waals surface area contributed by atoms with E-state index in [-0.39, 0.29) is 23.9 Å². The normalized spacial score (nSPS) is 24.2. The predicted molar refractivity (Wildman–Crippen MR) is 78.2 cm³/mol. The van der Waals surface area contributed by atoms with Crippen LogP contribution in [0.3, 0.4) is 0 Å². The molecule has 2 fully saturated rings. The fourth-order valence-electron chi connectivity index (χ4n) is 3.22. The molecule has 1 atom stereocenters. The molecule has 5 nitrogen and oxygen atoms in total. The molecule has 0 aliphatic carbocycles. The van der Waals surface area contributed by atoms with Crippen LogP contribution in [-0.2, 0) is 9.59 Å². The van der Waals surface area contributed by atoms with Gasteiger partial charge in [0.1, 0.15) is 5.78 Å². The van der Waals surface area contributed by atoms with Crippen LogP contribution in [0.25, 0.3) is 0 Å². The van der Waals surface area contributed by atoms with Crippen LogP contribution >= 0.6 is 0 Å². The molecule has 2 heterocycles. The van der Waals surface area contributed by atoms with Crippen LogP contribution in [0, 0.1) is 5.92 Å². The molecule has 0 aromatic carbocycles. The molecule has 0 radical (unpaired) electrons. The molecule has 114 valence electrons. The van der Waals surface area contributed by atoms with Gasteiger partial charge in [-0.1, -0.05) is 13.8 Å². The lowest BCUT2D eigenvalue weighted by Gasteiger charge is -2.40. The van der Waals surface area contributed by atoms with Crippen LogP contribution in [0.1, 0.15) is 39.5 Å². The van der Waals surface area contributed by atoms with Gasteiger partial charge in [0, 0.05) is 45.1 Å². The summed E-state index contributed by atoms with van der Waals surface area (Å²) in [5.41, 5.74) is 5.91. The van der Waals surface area contributed by atoms with Gasteiger partial charge in [0.15, 0.2) is 0 Å². The van der Waals surface area contributed by atoms with Gasteiger partial charge in [-0.05, 0) is 18.8 Å². The maximum absolute atomic E-state index is 12.8. The number of amides is 1. The second-order valence-electron chi connectivity index (χ2n) is 6.43. The van der Waals surface area contributed by atoms with Crippen molar-refractivity contribution in [3.63, 3.8) is 0 Å². The van der Waals surface area contributed by atoms with Crippen molar-refractivity contribution in [1.29, 1.82) is 0 Å². The average molecular weight is 281 g/mol. The molecule has 2 rings (SSSR count). The summed E-state index contributed by atoms with van der Waals surface area (Å²) in [5.74, 6) is 0.813. The van der Waals surface area contributed by atoms with Gasteiger partial charge in [-0.15, -0.1) is 0 Å². The highest BCUT2D eigenvalue weighted by atomic mass is 16.2. The van der Waals surface area contributed by atoms with Gasteiger partial charge >= 0.3 is 0 Å². The number of ketones is 1. The second kappa shape index (κ2) is 6.68. The van der Waals surface area contributed by atoms with Crippen molar-refractivity contribution < 1.29 is 9.59 Å². The molecule has 5 heteroatoms. The first-order chi connectivity index (χ1) is 9.49. The molecule has 20 heavy (non-hydrogen) atoms. The Bertz CT molecular complexity index is 352. The van der Waals surface area contributed by atoms with Gasteiger partial charge in [-0.25, -0.2) is 0 Å². The lowest BCUT2D eigenvalue weighted by molar-refractivity contribution is -0.141. The lowest BCUT2D eigenvalue weighted by Crippen LogP contribution is -2.55. The highest BCUT2D eigenvalue weighted by Crippen LogP contribution is 2.20. The zero-order valence-electron chi connectivity index (χ0n) is 12.7. The van der Waals surface area contributed by atoms with Gasteiger partial charge in [0.25, 0.3) is 0 Å². The molecule has 0 saturated carbocycles. The van der Waals surface area contributed by atoms with Crippen LogP contribution < -0.4 is 5.73 Å². The number of nitrogens with two attached hydrogens (primary N) is 1. The third-order valence-corrected chi connectivity index (χ3v) is 4.48. The molecule has 0 aromatic rings. The Morgan fingerprint density at radius 2 is 1.70 bits per heavy atom.